The first-order valence-corrected chi connectivity index (χ1v) is 8.14. The molecule has 2 atom stereocenters. The summed E-state index contributed by atoms with van der Waals surface area (Å²) >= 11 is 0. The molecular formula is C13H19FN2O3S. The van der Waals surface area contributed by atoms with Crippen molar-refractivity contribution in [3.63, 3.8) is 0 Å². The van der Waals surface area contributed by atoms with Gasteiger partial charge in [0, 0.05) is 6.04 Å². The number of nitrogens with two attached hydrogens (primary N) is 1. The number of hydrogen-bond acceptors (Lipinski definition) is 4. The van der Waals surface area contributed by atoms with Crippen LogP contribution in [0.2, 0.25) is 0 Å². The van der Waals surface area contributed by atoms with Crippen molar-refractivity contribution >= 4 is 15.7 Å². The van der Waals surface area contributed by atoms with Crippen molar-refractivity contribution < 1.29 is 17.9 Å². The summed E-state index contributed by atoms with van der Waals surface area (Å²) in [5, 5.41) is 9.94. The van der Waals surface area contributed by atoms with Crippen molar-refractivity contribution in [1.29, 1.82) is 0 Å². The maximum absolute atomic E-state index is 13.4. The Morgan fingerprint density at radius 1 is 1.25 bits per heavy atom. The van der Waals surface area contributed by atoms with Gasteiger partial charge in [0.15, 0.2) is 0 Å². The fraction of sp³-hybridized carbons (Fsp3) is 0.538. The van der Waals surface area contributed by atoms with Gasteiger partial charge in [-0.25, -0.2) is 17.5 Å². The van der Waals surface area contributed by atoms with Gasteiger partial charge in [0.1, 0.15) is 5.82 Å². The molecule has 1 aliphatic rings. The van der Waals surface area contributed by atoms with Crippen LogP contribution in [0, 0.1) is 5.82 Å². The molecule has 7 heteroatoms. The third-order valence-corrected chi connectivity index (χ3v) is 5.06. The highest BCUT2D eigenvalue weighted by atomic mass is 32.2. The van der Waals surface area contributed by atoms with Gasteiger partial charge in [-0.3, -0.25) is 0 Å². The molecule has 1 saturated carbocycles. The Balaban J connectivity index is 2.19. The van der Waals surface area contributed by atoms with Crippen molar-refractivity contribution in [1.82, 2.24) is 4.72 Å². The van der Waals surface area contributed by atoms with Gasteiger partial charge in [0.2, 0.25) is 10.0 Å². The molecule has 0 aliphatic heterocycles. The quantitative estimate of drug-likeness (QED) is 0.581. The summed E-state index contributed by atoms with van der Waals surface area (Å²) < 4.78 is 40.2. The predicted molar refractivity (Wildman–Crippen MR) is 74.0 cm³/mol. The van der Waals surface area contributed by atoms with Crippen LogP contribution in [0.15, 0.2) is 23.1 Å². The smallest absolute Gasteiger partial charge is 0.241 e. The molecule has 20 heavy (non-hydrogen) atoms. The van der Waals surface area contributed by atoms with Gasteiger partial charge in [-0.1, -0.05) is 19.3 Å². The van der Waals surface area contributed by atoms with Crippen LogP contribution in [0.25, 0.3) is 0 Å². The van der Waals surface area contributed by atoms with E-state index in [1.165, 1.54) is 12.1 Å². The molecule has 0 heterocycles. The van der Waals surface area contributed by atoms with Crippen LogP contribution in [-0.2, 0) is 10.0 Å². The van der Waals surface area contributed by atoms with E-state index >= 15 is 0 Å². The van der Waals surface area contributed by atoms with E-state index in [4.69, 9.17) is 5.73 Å². The molecule has 0 aromatic heterocycles. The fourth-order valence-electron chi connectivity index (χ4n) is 2.37. The van der Waals surface area contributed by atoms with E-state index in [-0.39, 0.29) is 10.6 Å². The SMILES string of the molecule is Nc1ccc(S(=O)(=O)NC2CCCCCC2O)cc1F. The number of hydrogen-bond donors (Lipinski definition) is 3. The van der Waals surface area contributed by atoms with Crippen molar-refractivity contribution in [2.75, 3.05) is 5.73 Å². The summed E-state index contributed by atoms with van der Waals surface area (Å²) in [6.45, 7) is 0. The number of aliphatic hydroxyl groups excluding tert-OH is 1. The molecule has 1 aromatic carbocycles. The Labute approximate surface area is 118 Å². The Kier molecular flexibility index (Phi) is 4.62. The van der Waals surface area contributed by atoms with E-state index in [0.717, 1.165) is 25.3 Å². The normalized spacial score (nSPS) is 24.3. The van der Waals surface area contributed by atoms with Crippen molar-refractivity contribution in [2.24, 2.45) is 0 Å². The number of sulfonamides is 1. The molecule has 4 N–H and O–H groups in total. The summed E-state index contributed by atoms with van der Waals surface area (Å²) in [4.78, 5) is -0.180. The highest BCUT2D eigenvalue weighted by molar-refractivity contribution is 7.89. The summed E-state index contributed by atoms with van der Waals surface area (Å²) in [6.07, 6.45) is 3.18. The van der Waals surface area contributed by atoms with Crippen molar-refractivity contribution in [3.8, 4) is 0 Å². The Bertz CT molecular complexity index is 577. The van der Waals surface area contributed by atoms with Gasteiger partial charge < -0.3 is 10.8 Å². The van der Waals surface area contributed by atoms with E-state index in [9.17, 15) is 17.9 Å². The highest BCUT2D eigenvalue weighted by Crippen LogP contribution is 2.21. The lowest BCUT2D eigenvalue weighted by atomic mass is 10.1. The minimum atomic E-state index is -3.85. The molecule has 0 radical (unpaired) electrons. The minimum absolute atomic E-state index is 0.0987. The van der Waals surface area contributed by atoms with E-state index in [1.807, 2.05) is 0 Å². The average Bonchev–Trinajstić information content (AvgIpc) is 2.58. The lowest BCUT2D eigenvalue weighted by Crippen LogP contribution is -2.42. The van der Waals surface area contributed by atoms with E-state index in [0.29, 0.717) is 12.8 Å². The highest BCUT2D eigenvalue weighted by Gasteiger charge is 2.27. The van der Waals surface area contributed by atoms with Crippen LogP contribution in [0.3, 0.4) is 0 Å². The van der Waals surface area contributed by atoms with Gasteiger partial charge in [-0.05, 0) is 31.0 Å². The predicted octanol–water partition coefficient (Wildman–Crippen LogP) is 1.38. The maximum atomic E-state index is 13.4. The molecule has 0 saturated heterocycles. The summed E-state index contributed by atoms with van der Waals surface area (Å²) in [6, 6.07) is 2.83. The molecule has 1 aromatic rings. The Morgan fingerprint density at radius 3 is 2.65 bits per heavy atom. The van der Waals surface area contributed by atoms with Gasteiger partial charge in [0.05, 0.1) is 16.7 Å². The number of benzene rings is 1. The first kappa shape index (κ1) is 15.2. The number of aliphatic hydroxyl groups is 1. The molecule has 2 rings (SSSR count). The third-order valence-electron chi connectivity index (χ3n) is 3.57. The minimum Gasteiger partial charge on any atom is -0.396 e. The Hall–Kier alpha value is -1.18. The fourth-order valence-corrected chi connectivity index (χ4v) is 3.68. The van der Waals surface area contributed by atoms with Crippen LogP contribution < -0.4 is 10.5 Å². The molecule has 5 nitrogen and oxygen atoms in total. The zero-order valence-corrected chi connectivity index (χ0v) is 11.9. The molecule has 2 unspecified atom stereocenters. The van der Waals surface area contributed by atoms with Crippen LogP contribution in [-0.4, -0.2) is 25.7 Å². The number of nitrogen functional groups attached to an aromatic ring is 1. The molecule has 0 spiro atoms. The molecular weight excluding hydrogens is 283 g/mol. The maximum Gasteiger partial charge on any atom is 0.241 e. The van der Waals surface area contributed by atoms with E-state index in [1.54, 1.807) is 0 Å². The molecule has 0 bridgehead atoms. The van der Waals surface area contributed by atoms with Gasteiger partial charge in [-0.2, -0.15) is 0 Å². The van der Waals surface area contributed by atoms with Crippen LogP contribution >= 0.6 is 0 Å². The van der Waals surface area contributed by atoms with E-state index < -0.39 is 28.0 Å². The number of halogens is 1. The van der Waals surface area contributed by atoms with Crippen LogP contribution in [0.1, 0.15) is 32.1 Å². The summed E-state index contributed by atoms with van der Waals surface area (Å²) in [5.74, 6) is -0.769. The second kappa shape index (κ2) is 6.07. The lowest BCUT2D eigenvalue weighted by molar-refractivity contribution is 0.130. The van der Waals surface area contributed by atoms with Crippen LogP contribution in [0.4, 0.5) is 10.1 Å². The standard InChI is InChI=1S/C13H19FN2O3S/c14-10-8-9(6-7-11(10)15)20(18,19)16-12-4-2-1-3-5-13(12)17/h6-8,12-13,16-17H,1-5,15H2. The first-order valence-electron chi connectivity index (χ1n) is 6.65. The number of anilines is 1. The molecule has 1 aliphatic carbocycles. The van der Waals surface area contributed by atoms with Gasteiger partial charge in [-0.15, -0.1) is 0 Å². The topological polar surface area (TPSA) is 92.4 Å². The second-order valence-corrected chi connectivity index (χ2v) is 6.83. The molecule has 112 valence electrons. The number of nitrogens with one attached hydrogen (secondary N) is 1. The van der Waals surface area contributed by atoms with Gasteiger partial charge >= 0.3 is 0 Å². The molecule has 1 fully saturated rings. The average molecular weight is 302 g/mol. The molecule has 0 amide bonds. The summed E-state index contributed by atoms with van der Waals surface area (Å²) in [5.41, 5.74) is 5.23. The first-order chi connectivity index (χ1) is 9.40. The van der Waals surface area contributed by atoms with Gasteiger partial charge in [0.25, 0.3) is 0 Å². The zero-order valence-electron chi connectivity index (χ0n) is 11.0. The van der Waals surface area contributed by atoms with Crippen molar-refractivity contribution in [3.05, 3.63) is 24.0 Å². The number of rotatable bonds is 3. The largest absolute Gasteiger partial charge is 0.396 e. The third kappa shape index (κ3) is 3.47. The van der Waals surface area contributed by atoms with Crippen molar-refractivity contribution in [2.45, 2.75) is 49.1 Å². The Morgan fingerprint density at radius 2 is 1.95 bits per heavy atom. The summed E-state index contributed by atoms with van der Waals surface area (Å²) in [7, 11) is -3.85. The zero-order chi connectivity index (χ0) is 14.8. The monoisotopic (exact) mass is 302 g/mol. The lowest BCUT2D eigenvalue weighted by Gasteiger charge is -2.21. The van der Waals surface area contributed by atoms with E-state index in [2.05, 4.69) is 4.72 Å². The van der Waals surface area contributed by atoms with Crippen LogP contribution in [0.5, 0.6) is 0 Å². The second-order valence-electron chi connectivity index (χ2n) is 5.12.